The number of aliphatic carboxylic acids is 1. The van der Waals surface area contributed by atoms with Gasteiger partial charge in [0, 0.05) is 24.0 Å². The minimum absolute atomic E-state index is 0.400. The van der Waals surface area contributed by atoms with Crippen LogP contribution in [0.5, 0.6) is 0 Å². The van der Waals surface area contributed by atoms with Gasteiger partial charge in [0.2, 0.25) is 5.91 Å². The quantitative estimate of drug-likeness (QED) is 0.774. The van der Waals surface area contributed by atoms with E-state index in [1.165, 1.54) is 0 Å². The van der Waals surface area contributed by atoms with Gasteiger partial charge in [-0.1, -0.05) is 0 Å². The molecular formula is C14H20N2O3. The molecule has 0 aliphatic heterocycles. The molecule has 1 aromatic rings. The van der Waals surface area contributed by atoms with E-state index in [9.17, 15) is 9.59 Å². The Morgan fingerprint density at radius 2 is 1.84 bits per heavy atom. The molecule has 0 bridgehead atoms. The Morgan fingerprint density at radius 3 is 2.26 bits per heavy atom. The van der Waals surface area contributed by atoms with Gasteiger partial charge < -0.3 is 15.3 Å². The van der Waals surface area contributed by atoms with Crippen LogP contribution in [0.2, 0.25) is 0 Å². The lowest BCUT2D eigenvalue weighted by Crippen LogP contribution is -2.30. The smallest absolute Gasteiger partial charge is 0.312 e. The molecule has 0 unspecified atom stereocenters. The number of anilines is 2. The van der Waals surface area contributed by atoms with Crippen molar-refractivity contribution < 1.29 is 14.7 Å². The van der Waals surface area contributed by atoms with Crippen molar-refractivity contribution in [2.75, 3.05) is 16.8 Å². The highest BCUT2D eigenvalue weighted by Crippen LogP contribution is 2.19. The molecule has 0 spiro atoms. The second-order valence-electron chi connectivity index (χ2n) is 4.55. The zero-order chi connectivity index (χ0) is 14.4. The molecule has 1 amide bonds. The standard InChI is InChI=1S/C14H20N2O3/c1-4-16(10(2)3)12-7-5-11(6-8-12)15-13(17)9-14(18)19/h5-8,10H,4,9H2,1-3H3,(H,15,17)(H,18,19). The molecule has 104 valence electrons. The number of benzene rings is 1. The number of hydrogen-bond acceptors (Lipinski definition) is 3. The molecule has 0 aliphatic carbocycles. The van der Waals surface area contributed by atoms with Crippen LogP contribution in [0.1, 0.15) is 27.2 Å². The van der Waals surface area contributed by atoms with Crippen LogP contribution in [0.4, 0.5) is 11.4 Å². The summed E-state index contributed by atoms with van der Waals surface area (Å²) in [4.78, 5) is 23.9. The van der Waals surface area contributed by atoms with E-state index in [1.54, 1.807) is 12.1 Å². The van der Waals surface area contributed by atoms with Gasteiger partial charge in [-0.3, -0.25) is 9.59 Å². The third kappa shape index (κ3) is 4.62. The Balaban J connectivity index is 2.71. The zero-order valence-electron chi connectivity index (χ0n) is 11.5. The second kappa shape index (κ2) is 6.78. The van der Waals surface area contributed by atoms with E-state index < -0.39 is 18.3 Å². The number of hydrogen-bond donors (Lipinski definition) is 2. The molecule has 1 rings (SSSR count). The summed E-state index contributed by atoms with van der Waals surface area (Å²) in [5, 5.41) is 11.1. The van der Waals surface area contributed by atoms with Crippen LogP contribution in [0.3, 0.4) is 0 Å². The van der Waals surface area contributed by atoms with Crippen LogP contribution >= 0.6 is 0 Å². The van der Waals surface area contributed by atoms with E-state index in [-0.39, 0.29) is 0 Å². The van der Waals surface area contributed by atoms with Crippen molar-refractivity contribution in [2.45, 2.75) is 33.2 Å². The molecule has 0 fully saturated rings. The summed E-state index contributed by atoms with van der Waals surface area (Å²) in [5.41, 5.74) is 1.68. The lowest BCUT2D eigenvalue weighted by molar-refractivity contribution is -0.139. The second-order valence-corrected chi connectivity index (χ2v) is 4.55. The van der Waals surface area contributed by atoms with Crippen LogP contribution in [0.25, 0.3) is 0 Å². The molecule has 19 heavy (non-hydrogen) atoms. The maximum atomic E-state index is 11.3. The average molecular weight is 264 g/mol. The minimum atomic E-state index is -1.13. The van der Waals surface area contributed by atoms with Crippen molar-refractivity contribution in [1.82, 2.24) is 0 Å². The molecule has 0 atom stereocenters. The van der Waals surface area contributed by atoms with Crippen molar-refractivity contribution in [3.8, 4) is 0 Å². The van der Waals surface area contributed by atoms with E-state index in [0.29, 0.717) is 11.7 Å². The summed E-state index contributed by atoms with van der Waals surface area (Å²) in [6, 6.07) is 7.79. The molecule has 0 aliphatic rings. The number of nitrogens with one attached hydrogen (secondary N) is 1. The van der Waals surface area contributed by atoms with Crippen LogP contribution in [-0.4, -0.2) is 29.6 Å². The van der Waals surface area contributed by atoms with Gasteiger partial charge in [-0.2, -0.15) is 0 Å². The fourth-order valence-corrected chi connectivity index (χ4v) is 1.92. The van der Waals surface area contributed by atoms with Crippen LogP contribution < -0.4 is 10.2 Å². The van der Waals surface area contributed by atoms with E-state index in [0.717, 1.165) is 12.2 Å². The van der Waals surface area contributed by atoms with Gasteiger partial charge in [0.05, 0.1) is 0 Å². The Kier molecular flexibility index (Phi) is 5.36. The summed E-state index contributed by atoms with van der Waals surface area (Å²) in [6.07, 6.45) is -0.519. The third-order valence-electron chi connectivity index (χ3n) is 2.76. The van der Waals surface area contributed by atoms with E-state index in [2.05, 4.69) is 31.0 Å². The monoisotopic (exact) mass is 264 g/mol. The lowest BCUT2D eigenvalue weighted by atomic mass is 10.2. The molecule has 0 aromatic heterocycles. The van der Waals surface area contributed by atoms with Crippen molar-refractivity contribution in [2.24, 2.45) is 0 Å². The number of carboxylic acid groups (broad SMARTS) is 1. The molecule has 0 heterocycles. The first-order valence-corrected chi connectivity index (χ1v) is 6.32. The third-order valence-corrected chi connectivity index (χ3v) is 2.76. The Bertz CT molecular complexity index is 441. The maximum Gasteiger partial charge on any atom is 0.312 e. The fraction of sp³-hybridized carbons (Fsp3) is 0.429. The largest absolute Gasteiger partial charge is 0.481 e. The van der Waals surface area contributed by atoms with Gasteiger partial charge in [0.15, 0.2) is 0 Å². The highest BCUT2D eigenvalue weighted by Gasteiger charge is 2.10. The predicted octanol–water partition coefficient (Wildman–Crippen LogP) is 2.33. The molecule has 0 saturated heterocycles. The first kappa shape index (κ1) is 15.0. The first-order valence-electron chi connectivity index (χ1n) is 6.32. The van der Waals surface area contributed by atoms with Crippen molar-refractivity contribution in [3.05, 3.63) is 24.3 Å². The summed E-state index contributed by atoms with van der Waals surface area (Å²) in [7, 11) is 0. The summed E-state index contributed by atoms with van der Waals surface area (Å²) in [5.74, 6) is -1.65. The average Bonchev–Trinajstić information content (AvgIpc) is 2.30. The van der Waals surface area contributed by atoms with Crippen molar-refractivity contribution in [1.29, 1.82) is 0 Å². The number of carbonyl (C=O) groups is 2. The van der Waals surface area contributed by atoms with E-state index >= 15 is 0 Å². The Labute approximate surface area is 113 Å². The molecule has 0 saturated carbocycles. The van der Waals surface area contributed by atoms with Crippen LogP contribution in [0, 0.1) is 0 Å². The van der Waals surface area contributed by atoms with Gasteiger partial charge in [0.25, 0.3) is 0 Å². The maximum absolute atomic E-state index is 11.3. The summed E-state index contributed by atoms with van der Waals surface area (Å²) in [6.45, 7) is 7.23. The van der Waals surface area contributed by atoms with Gasteiger partial charge >= 0.3 is 5.97 Å². The topological polar surface area (TPSA) is 69.6 Å². The number of rotatable bonds is 6. The van der Waals surface area contributed by atoms with Gasteiger partial charge in [0.1, 0.15) is 6.42 Å². The SMILES string of the molecule is CCN(c1ccc(NC(=O)CC(=O)O)cc1)C(C)C. The van der Waals surface area contributed by atoms with Gasteiger partial charge in [-0.05, 0) is 45.0 Å². The molecular weight excluding hydrogens is 244 g/mol. The molecule has 1 aromatic carbocycles. The Hall–Kier alpha value is -2.04. The van der Waals surface area contributed by atoms with Crippen LogP contribution in [-0.2, 0) is 9.59 Å². The predicted molar refractivity (Wildman–Crippen MR) is 75.5 cm³/mol. The lowest BCUT2D eigenvalue weighted by Gasteiger charge is -2.27. The van der Waals surface area contributed by atoms with Crippen molar-refractivity contribution in [3.63, 3.8) is 0 Å². The summed E-state index contributed by atoms with van der Waals surface area (Å²) >= 11 is 0. The molecule has 5 heteroatoms. The van der Waals surface area contributed by atoms with Gasteiger partial charge in [-0.25, -0.2) is 0 Å². The number of carboxylic acids is 1. The van der Waals surface area contributed by atoms with Crippen LogP contribution in [0.15, 0.2) is 24.3 Å². The zero-order valence-corrected chi connectivity index (χ0v) is 11.5. The summed E-state index contributed by atoms with van der Waals surface area (Å²) < 4.78 is 0. The van der Waals surface area contributed by atoms with Gasteiger partial charge in [-0.15, -0.1) is 0 Å². The minimum Gasteiger partial charge on any atom is -0.481 e. The number of nitrogens with zero attached hydrogens (tertiary/aromatic N) is 1. The Morgan fingerprint density at radius 1 is 1.26 bits per heavy atom. The van der Waals surface area contributed by atoms with Crippen molar-refractivity contribution >= 4 is 23.3 Å². The molecule has 2 N–H and O–H groups in total. The highest BCUT2D eigenvalue weighted by molar-refractivity contribution is 6.01. The molecule has 0 radical (unpaired) electrons. The normalized spacial score (nSPS) is 10.3. The highest BCUT2D eigenvalue weighted by atomic mass is 16.4. The van der Waals surface area contributed by atoms with E-state index in [4.69, 9.17) is 5.11 Å². The first-order chi connectivity index (χ1) is 8.93. The number of amides is 1. The molecule has 5 nitrogen and oxygen atoms in total. The number of carbonyl (C=O) groups excluding carboxylic acids is 1. The van der Waals surface area contributed by atoms with E-state index in [1.807, 2.05) is 12.1 Å². The fourth-order valence-electron chi connectivity index (χ4n) is 1.92.